The number of hydrogen-bond acceptors (Lipinski definition) is 4. The third kappa shape index (κ3) is 5.33. The SMILES string of the molecule is O=C(O)c1ccc(CS(=O)(=O)NCC2CCSCC2)cc1. The molecule has 1 fully saturated rings. The molecule has 0 aliphatic carbocycles. The number of benzene rings is 1. The van der Waals surface area contributed by atoms with E-state index in [4.69, 9.17) is 5.11 Å². The second-order valence-electron chi connectivity index (χ2n) is 5.17. The number of carboxylic acid groups (broad SMARTS) is 1. The van der Waals surface area contributed by atoms with Crippen molar-refractivity contribution >= 4 is 27.8 Å². The maximum Gasteiger partial charge on any atom is 0.335 e. The Labute approximate surface area is 129 Å². The first kappa shape index (κ1) is 16.3. The molecule has 1 saturated heterocycles. The molecule has 1 aromatic rings. The van der Waals surface area contributed by atoms with Crippen LogP contribution in [0.3, 0.4) is 0 Å². The van der Waals surface area contributed by atoms with Gasteiger partial charge in [-0.2, -0.15) is 11.8 Å². The highest BCUT2D eigenvalue weighted by molar-refractivity contribution is 7.99. The van der Waals surface area contributed by atoms with Gasteiger partial charge in [0.05, 0.1) is 11.3 Å². The quantitative estimate of drug-likeness (QED) is 0.833. The summed E-state index contributed by atoms with van der Waals surface area (Å²) in [5, 5.41) is 8.80. The minimum absolute atomic E-state index is 0.117. The van der Waals surface area contributed by atoms with Gasteiger partial charge in [0.1, 0.15) is 0 Å². The van der Waals surface area contributed by atoms with Crippen LogP contribution in [0.15, 0.2) is 24.3 Å². The normalized spacial score (nSPS) is 16.8. The molecule has 5 nitrogen and oxygen atoms in total. The highest BCUT2D eigenvalue weighted by Crippen LogP contribution is 2.22. The molecule has 0 bridgehead atoms. The molecule has 2 rings (SSSR count). The summed E-state index contributed by atoms with van der Waals surface area (Å²) in [6, 6.07) is 5.93. The van der Waals surface area contributed by atoms with Crippen LogP contribution >= 0.6 is 11.8 Å². The van der Waals surface area contributed by atoms with E-state index in [0.717, 1.165) is 24.3 Å². The van der Waals surface area contributed by atoms with Crippen molar-refractivity contribution in [3.63, 3.8) is 0 Å². The number of sulfonamides is 1. The Morgan fingerprint density at radius 2 is 1.86 bits per heavy atom. The van der Waals surface area contributed by atoms with E-state index in [9.17, 15) is 13.2 Å². The van der Waals surface area contributed by atoms with Crippen LogP contribution in [0.1, 0.15) is 28.8 Å². The van der Waals surface area contributed by atoms with E-state index in [-0.39, 0.29) is 11.3 Å². The first-order valence-corrected chi connectivity index (χ1v) is 9.64. The van der Waals surface area contributed by atoms with Crippen LogP contribution in [0, 0.1) is 5.92 Å². The van der Waals surface area contributed by atoms with E-state index in [1.165, 1.54) is 12.1 Å². The topological polar surface area (TPSA) is 83.5 Å². The summed E-state index contributed by atoms with van der Waals surface area (Å²) >= 11 is 1.91. The number of carbonyl (C=O) groups is 1. The zero-order chi connectivity index (χ0) is 15.3. The van der Waals surface area contributed by atoms with Crippen molar-refractivity contribution in [1.82, 2.24) is 4.72 Å². The first-order valence-electron chi connectivity index (χ1n) is 6.83. The van der Waals surface area contributed by atoms with Gasteiger partial charge in [-0.1, -0.05) is 12.1 Å². The van der Waals surface area contributed by atoms with Gasteiger partial charge in [0.2, 0.25) is 10.0 Å². The molecule has 21 heavy (non-hydrogen) atoms. The summed E-state index contributed by atoms with van der Waals surface area (Å²) in [5.41, 5.74) is 0.746. The summed E-state index contributed by atoms with van der Waals surface area (Å²) in [6.45, 7) is 0.496. The molecule has 0 unspecified atom stereocenters. The van der Waals surface area contributed by atoms with Gasteiger partial charge < -0.3 is 5.11 Å². The molecule has 0 amide bonds. The number of nitrogens with one attached hydrogen (secondary N) is 1. The van der Waals surface area contributed by atoms with Crippen LogP contribution in [0.5, 0.6) is 0 Å². The summed E-state index contributed by atoms with van der Waals surface area (Å²) in [5.74, 6) is 1.49. The lowest BCUT2D eigenvalue weighted by molar-refractivity contribution is 0.0697. The zero-order valence-electron chi connectivity index (χ0n) is 11.6. The van der Waals surface area contributed by atoms with E-state index < -0.39 is 16.0 Å². The van der Waals surface area contributed by atoms with Gasteiger partial charge in [-0.15, -0.1) is 0 Å². The molecular formula is C14H19NO4S2. The Bertz CT molecular complexity index is 577. The fraction of sp³-hybridized carbons (Fsp3) is 0.500. The van der Waals surface area contributed by atoms with Crippen LogP contribution < -0.4 is 4.72 Å². The maximum absolute atomic E-state index is 12.0. The van der Waals surface area contributed by atoms with Gasteiger partial charge in [-0.25, -0.2) is 17.9 Å². The highest BCUT2D eigenvalue weighted by atomic mass is 32.2. The predicted molar refractivity (Wildman–Crippen MR) is 84.1 cm³/mol. The van der Waals surface area contributed by atoms with Crippen molar-refractivity contribution in [1.29, 1.82) is 0 Å². The van der Waals surface area contributed by atoms with Crippen LogP contribution in [-0.2, 0) is 15.8 Å². The minimum atomic E-state index is -3.37. The molecule has 0 atom stereocenters. The standard InChI is InChI=1S/C14H19NO4S2/c16-14(17)13-3-1-12(2-4-13)10-21(18,19)15-9-11-5-7-20-8-6-11/h1-4,11,15H,5-10H2,(H,16,17). The monoisotopic (exact) mass is 329 g/mol. The lowest BCUT2D eigenvalue weighted by Crippen LogP contribution is -2.31. The molecule has 7 heteroatoms. The van der Waals surface area contributed by atoms with Gasteiger partial charge in [-0.3, -0.25) is 0 Å². The van der Waals surface area contributed by atoms with E-state index in [1.807, 2.05) is 11.8 Å². The number of hydrogen-bond donors (Lipinski definition) is 2. The highest BCUT2D eigenvalue weighted by Gasteiger charge is 2.18. The van der Waals surface area contributed by atoms with Gasteiger partial charge in [0, 0.05) is 6.54 Å². The Balaban J connectivity index is 1.89. The Morgan fingerprint density at radius 3 is 2.43 bits per heavy atom. The molecule has 2 N–H and O–H groups in total. The average molecular weight is 329 g/mol. The maximum atomic E-state index is 12.0. The fourth-order valence-electron chi connectivity index (χ4n) is 2.21. The molecule has 1 aliphatic rings. The summed E-state index contributed by atoms with van der Waals surface area (Å²) in [4.78, 5) is 10.7. The second kappa shape index (κ2) is 7.29. The summed E-state index contributed by atoms with van der Waals surface area (Å²) in [6.07, 6.45) is 2.11. The smallest absolute Gasteiger partial charge is 0.335 e. The largest absolute Gasteiger partial charge is 0.478 e. The van der Waals surface area contributed by atoms with Crippen molar-refractivity contribution in [3.8, 4) is 0 Å². The molecule has 0 spiro atoms. The number of rotatable bonds is 6. The van der Waals surface area contributed by atoms with Gasteiger partial charge >= 0.3 is 5.97 Å². The summed E-state index contributed by atoms with van der Waals surface area (Å²) in [7, 11) is -3.37. The third-order valence-corrected chi connectivity index (χ3v) is 5.86. The third-order valence-electron chi connectivity index (χ3n) is 3.49. The molecular weight excluding hydrogens is 310 g/mol. The number of aromatic carboxylic acids is 1. The lowest BCUT2D eigenvalue weighted by Gasteiger charge is -2.21. The Morgan fingerprint density at radius 1 is 1.24 bits per heavy atom. The Hall–Kier alpha value is -1.05. The van der Waals surface area contributed by atoms with Crippen LogP contribution in [0.4, 0.5) is 0 Å². The molecule has 1 aliphatic heterocycles. The first-order chi connectivity index (χ1) is 9.96. The Kier molecular flexibility index (Phi) is 5.66. The van der Waals surface area contributed by atoms with Gasteiger partial charge in [-0.05, 0) is 48.0 Å². The van der Waals surface area contributed by atoms with Crippen molar-refractivity contribution in [2.75, 3.05) is 18.1 Å². The zero-order valence-corrected chi connectivity index (χ0v) is 13.3. The molecule has 0 radical (unpaired) electrons. The van der Waals surface area contributed by atoms with E-state index >= 15 is 0 Å². The number of thioether (sulfide) groups is 1. The minimum Gasteiger partial charge on any atom is -0.478 e. The van der Waals surface area contributed by atoms with Crippen LogP contribution in [0.2, 0.25) is 0 Å². The molecule has 1 aromatic carbocycles. The summed E-state index contributed by atoms with van der Waals surface area (Å²) < 4.78 is 26.7. The lowest BCUT2D eigenvalue weighted by atomic mass is 10.0. The van der Waals surface area contributed by atoms with Crippen LogP contribution in [0.25, 0.3) is 0 Å². The number of carboxylic acids is 1. The van der Waals surface area contributed by atoms with E-state index in [1.54, 1.807) is 12.1 Å². The van der Waals surface area contributed by atoms with Crippen LogP contribution in [-0.4, -0.2) is 37.5 Å². The molecule has 0 aromatic heterocycles. The second-order valence-corrected chi connectivity index (χ2v) is 8.20. The predicted octanol–water partition coefficient (Wildman–Crippen LogP) is 1.95. The van der Waals surface area contributed by atoms with Crippen molar-refractivity contribution in [2.24, 2.45) is 5.92 Å². The molecule has 116 valence electrons. The molecule has 0 saturated carbocycles. The van der Waals surface area contributed by atoms with E-state index in [0.29, 0.717) is 18.0 Å². The van der Waals surface area contributed by atoms with E-state index in [2.05, 4.69) is 4.72 Å². The van der Waals surface area contributed by atoms with Crippen molar-refractivity contribution < 1.29 is 18.3 Å². The average Bonchev–Trinajstić information content (AvgIpc) is 2.46. The molecule has 1 heterocycles. The fourth-order valence-corrected chi connectivity index (χ4v) is 4.64. The van der Waals surface area contributed by atoms with Gasteiger partial charge in [0.25, 0.3) is 0 Å². The van der Waals surface area contributed by atoms with Crippen molar-refractivity contribution in [3.05, 3.63) is 35.4 Å². The van der Waals surface area contributed by atoms with Crippen molar-refractivity contribution in [2.45, 2.75) is 18.6 Å². The van der Waals surface area contributed by atoms with Gasteiger partial charge in [0.15, 0.2) is 0 Å².